The first-order chi connectivity index (χ1) is 6.72. The van der Waals surface area contributed by atoms with Crippen molar-refractivity contribution in [1.29, 1.82) is 0 Å². The number of aliphatic hydroxyl groups is 2. The molecule has 4 heteroatoms. The van der Waals surface area contributed by atoms with E-state index in [1.807, 2.05) is 0 Å². The zero-order valence-corrected chi connectivity index (χ0v) is 8.86. The average molecular weight is 204 g/mol. The van der Waals surface area contributed by atoms with Gasteiger partial charge in [0.25, 0.3) is 0 Å². The lowest BCUT2D eigenvalue weighted by atomic mass is 10.0. The first kappa shape index (κ1) is 13.8. The summed E-state index contributed by atoms with van der Waals surface area (Å²) in [6.07, 6.45) is 4.70. The Bertz CT molecular complexity index is 123. The van der Waals surface area contributed by atoms with E-state index in [1.54, 1.807) is 0 Å². The van der Waals surface area contributed by atoms with Gasteiger partial charge < -0.3 is 21.7 Å². The maximum atomic E-state index is 9.58. The van der Waals surface area contributed by atoms with Crippen LogP contribution in [-0.4, -0.2) is 35.5 Å². The highest BCUT2D eigenvalue weighted by atomic mass is 16.3. The molecule has 0 aromatic carbocycles. The van der Waals surface area contributed by atoms with Crippen molar-refractivity contribution >= 4 is 0 Å². The van der Waals surface area contributed by atoms with Crippen LogP contribution in [0.5, 0.6) is 0 Å². The van der Waals surface area contributed by atoms with Gasteiger partial charge in [0.2, 0.25) is 0 Å². The molecular weight excluding hydrogens is 180 g/mol. The summed E-state index contributed by atoms with van der Waals surface area (Å²) >= 11 is 0. The number of hydrogen-bond acceptors (Lipinski definition) is 4. The van der Waals surface area contributed by atoms with Crippen LogP contribution < -0.4 is 11.5 Å². The summed E-state index contributed by atoms with van der Waals surface area (Å²) in [5.41, 5.74) is 11.1. The fourth-order valence-electron chi connectivity index (χ4n) is 1.40. The summed E-state index contributed by atoms with van der Waals surface area (Å²) in [5, 5.41) is 18.1. The van der Waals surface area contributed by atoms with Crippen LogP contribution in [-0.2, 0) is 0 Å². The van der Waals surface area contributed by atoms with Crippen molar-refractivity contribution in [3.63, 3.8) is 0 Å². The van der Waals surface area contributed by atoms with Gasteiger partial charge in [-0.3, -0.25) is 0 Å². The molecule has 0 aromatic heterocycles. The van der Waals surface area contributed by atoms with Gasteiger partial charge in [0.15, 0.2) is 0 Å². The molecule has 0 aromatic rings. The van der Waals surface area contributed by atoms with Gasteiger partial charge in [-0.15, -0.1) is 0 Å². The number of aliphatic hydroxyl groups excluding tert-OH is 2. The molecule has 0 aliphatic rings. The van der Waals surface area contributed by atoms with Gasteiger partial charge in [0.1, 0.15) is 0 Å². The summed E-state index contributed by atoms with van der Waals surface area (Å²) in [6.45, 7) is 0.846. The average Bonchev–Trinajstić information content (AvgIpc) is 2.20. The Kier molecular flexibility index (Phi) is 9.29. The quantitative estimate of drug-likeness (QED) is 0.397. The molecule has 0 heterocycles. The third-order valence-corrected chi connectivity index (χ3v) is 2.39. The van der Waals surface area contributed by atoms with Gasteiger partial charge in [-0.25, -0.2) is 0 Å². The Hall–Kier alpha value is -0.160. The lowest BCUT2D eigenvalue weighted by Crippen LogP contribution is -2.34. The molecular formula is C10H24N2O2. The van der Waals surface area contributed by atoms with Gasteiger partial charge in [-0.05, 0) is 32.2 Å². The van der Waals surface area contributed by atoms with E-state index in [2.05, 4.69) is 0 Å². The van der Waals surface area contributed by atoms with Crippen LogP contribution in [0.15, 0.2) is 0 Å². The van der Waals surface area contributed by atoms with Crippen LogP contribution >= 0.6 is 0 Å². The fourth-order valence-corrected chi connectivity index (χ4v) is 1.40. The zero-order chi connectivity index (χ0) is 10.8. The minimum absolute atomic E-state index is 0.139. The van der Waals surface area contributed by atoms with Gasteiger partial charge in [0, 0.05) is 12.6 Å². The molecule has 0 saturated carbocycles. The number of rotatable bonds is 9. The lowest BCUT2D eigenvalue weighted by molar-refractivity contribution is 0.128. The van der Waals surface area contributed by atoms with Crippen molar-refractivity contribution in [1.82, 2.24) is 0 Å². The van der Waals surface area contributed by atoms with E-state index in [9.17, 15) is 5.11 Å². The first-order valence-electron chi connectivity index (χ1n) is 5.47. The molecule has 0 bridgehead atoms. The normalized spacial score (nSPS) is 15.4. The van der Waals surface area contributed by atoms with E-state index >= 15 is 0 Å². The van der Waals surface area contributed by atoms with E-state index < -0.39 is 6.10 Å². The molecule has 0 radical (unpaired) electrons. The highest BCUT2D eigenvalue weighted by Gasteiger charge is 2.13. The fraction of sp³-hybridized carbons (Fsp3) is 1.00. The van der Waals surface area contributed by atoms with Crippen LogP contribution in [0.1, 0.15) is 38.5 Å². The molecule has 0 aliphatic heterocycles. The maximum Gasteiger partial charge on any atom is 0.0691 e. The predicted molar refractivity (Wildman–Crippen MR) is 57.8 cm³/mol. The molecule has 86 valence electrons. The van der Waals surface area contributed by atoms with Crippen LogP contribution in [0.3, 0.4) is 0 Å². The summed E-state index contributed by atoms with van der Waals surface area (Å²) in [5.74, 6) is 0. The van der Waals surface area contributed by atoms with Crippen molar-refractivity contribution in [2.75, 3.05) is 13.2 Å². The van der Waals surface area contributed by atoms with E-state index in [4.69, 9.17) is 16.6 Å². The summed E-state index contributed by atoms with van der Waals surface area (Å²) in [6, 6.07) is -0.139. The molecule has 0 spiro atoms. The molecule has 2 atom stereocenters. The van der Waals surface area contributed by atoms with Crippen molar-refractivity contribution in [2.45, 2.75) is 50.7 Å². The minimum Gasteiger partial charge on any atom is -0.396 e. The second kappa shape index (κ2) is 9.40. The smallest absolute Gasteiger partial charge is 0.0691 e. The zero-order valence-electron chi connectivity index (χ0n) is 8.86. The molecule has 2 unspecified atom stereocenters. The minimum atomic E-state index is -0.423. The van der Waals surface area contributed by atoms with Crippen molar-refractivity contribution in [3.8, 4) is 0 Å². The SMILES string of the molecule is NCCCC(O)C(N)CCCCCO. The first-order valence-corrected chi connectivity index (χ1v) is 5.47. The number of hydrogen-bond donors (Lipinski definition) is 4. The lowest BCUT2D eigenvalue weighted by Gasteiger charge is -2.18. The van der Waals surface area contributed by atoms with Crippen molar-refractivity contribution in [2.24, 2.45) is 11.5 Å². The largest absolute Gasteiger partial charge is 0.396 e. The Morgan fingerprint density at radius 2 is 1.71 bits per heavy atom. The molecule has 0 amide bonds. The molecule has 6 N–H and O–H groups in total. The van der Waals surface area contributed by atoms with Crippen LogP contribution in [0.25, 0.3) is 0 Å². The molecule has 0 rings (SSSR count). The molecule has 0 aliphatic carbocycles. The highest BCUT2D eigenvalue weighted by molar-refractivity contribution is 4.71. The van der Waals surface area contributed by atoms with Crippen LogP contribution in [0.2, 0.25) is 0 Å². The Balaban J connectivity index is 3.36. The standard InChI is InChI=1S/C10H24N2O2/c11-7-4-6-10(14)9(12)5-2-1-3-8-13/h9-10,13-14H,1-8,11-12H2. The second-order valence-corrected chi connectivity index (χ2v) is 3.74. The number of nitrogens with two attached hydrogens (primary N) is 2. The van der Waals surface area contributed by atoms with E-state index in [-0.39, 0.29) is 12.6 Å². The van der Waals surface area contributed by atoms with E-state index in [0.29, 0.717) is 13.0 Å². The topological polar surface area (TPSA) is 92.5 Å². The molecule has 0 fully saturated rings. The molecule has 14 heavy (non-hydrogen) atoms. The molecule has 0 saturated heterocycles. The summed E-state index contributed by atoms with van der Waals surface area (Å²) in [7, 11) is 0. The Morgan fingerprint density at radius 1 is 1.00 bits per heavy atom. The highest BCUT2D eigenvalue weighted by Crippen LogP contribution is 2.08. The third-order valence-electron chi connectivity index (χ3n) is 2.39. The van der Waals surface area contributed by atoms with Crippen LogP contribution in [0.4, 0.5) is 0 Å². The molecule has 4 nitrogen and oxygen atoms in total. The maximum absolute atomic E-state index is 9.58. The predicted octanol–water partition coefficient (Wildman–Crippen LogP) is -0.0338. The summed E-state index contributed by atoms with van der Waals surface area (Å²) in [4.78, 5) is 0. The number of unbranched alkanes of at least 4 members (excludes halogenated alkanes) is 2. The van der Waals surface area contributed by atoms with E-state index in [1.165, 1.54) is 0 Å². The van der Waals surface area contributed by atoms with Gasteiger partial charge in [-0.2, -0.15) is 0 Å². The van der Waals surface area contributed by atoms with Crippen molar-refractivity contribution in [3.05, 3.63) is 0 Å². The van der Waals surface area contributed by atoms with Crippen LogP contribution in [0, 0.1) is 0 Å². The van der Waals surface area contributed by atoms with Gasteiger partial charge >= 0.3 is 0 Å². The summed E-state index contributed by atoms with van der Waals surface area (Å²) < 4.78 is 0. The van der Waals surface area contributed by atoms with Crippen molar-refractivity contribution < 1.29 is 10.2 Å². The van der Waals surface area contributed by atoms with Gasteiger partial charge in [0.05, 0.1) is 6.10 Å². The monoisotopic (exact) mass is 204 g/mol. The van der Waals surface area contributed by atoms with E-state index in [0.717, 1.165) is 32.1 Å². The third kappa shape index (κ3) is 7.26. The second-order valence-electron chi connectivity index (χ2n) is 3.74. The Labute approximate surface area is 86.3 Å². The van der Waals surface area contributed by atoms with Gasteiger partial charge in [-0.1, -0.05) is 12.8 Å². The Morgan fingerprint density at radius 3 is 2.29 bits per heavy atom.